The predicted molar refractivity (Wildman–Crippen MR) is 82.6 cm³/mol. The lowest BCUT2D eigenvalue weighted by Gasteiger charge is -2.29. The average Bonchev–Trinajstić information content (AvgIpc) is 2.30. The van der Waals surface area contributed by atoms with Gasteiger partial charge in [-0.25, -0.2) is 13.1 Å². The summed E-state index contributed by atoms with van der Waals surface area (Å²) in [5.41, 5.74) is 5.83. The first kappa shape index (κ1) is 15.9. The van der Waals surface area contributed by atoms with E-state index >= 15 is 0 Å². The van der Waals surface area contributed by atoms with Crippen LogP contribution in [0.1, 0.15) is 32.6 Å². The molecule has 2 unspecified atom stereocenters. The molecule has 0 amide bonds. The number of anilines is 1. The second-order valence-electron chi connectivity index (χ2n) is 5.30. The van der Waals surface area contributed by atoms with Gasteiger partial charge in [0.2, 0.25) is 10.0 Å². The summed E-state index contributed by atoms with van der Waals surface area (Å²) in [6, 6.07) is 2.71. The lowest BCUT2D eigenvalue weighted by atomic mass is 9.87. The summed E-state index contributed by atoms with van der Waals surface area (Å²) in [6.45, 7) is 2.05. The van der Waals surface area contributed by atoms with Gasteiger partial charge in [-0.1, -0.05) is 43.0 Å². The van der Waals surface area contributed by atoms with Crippen molar-refractivity contribution in [2.24, 2.45) is 5.92 Å². The van der Waals surface area contributed by atoms with Gasteiger partial charge in [0.25, 0.3) is 0 Å². The Kier molecular flexibility index (Phi) is 4.84. The van der Waals surface area contributed by atoms with Crippen LogP contribution in [-0.4, -0.2) is 14.5 Å². The van der Waals surface area contributed by atoms with E-state index < -0.39 is 10.0 Å². The summed E-state index contributed by atoms with van der Waals surface area (Å²) >= 11 is 11.8. The fraction of sp³-hybridized carbons (Fsp3) is 0.538. The number of benzene rings is 1. The van der Waals surface area contributed by atoms with Crippen LogP contribution in [0.3, 0.4) is 0 Å². The van der Waals surface area contributed by atoms with Crippen LogP contribution in [0.25, 0.3) is 0 Å². The van der Waals surface area contributed by atoms with Gasteiger partial charge in [0, 0.05) is 11.1 Å². The van der Waals surface area contributed by atoms with Crippen LogP contribution in [0, 0.1) is 5.92 Å². The highest BCUT2D eigenvalue weighted by Gasteiger charge is 2.29. The van der Waals surface area contributed by atoms with E-state index in [1.54, 1.807) is 0 Å². The molecule has 2 rings (SSSR count). The van der Waals surface area contributed by atoms with Crippen molar-refractivity contribution in [1.29, 1.82) is 0 Å². The quantitative estimate of drug-likeness (QED) is 0.830. The largest absolute Gasteiger partial charge is 0.398 e. The first-order chi connectivity index (χ1) is 9.31. The third-order valence-electron chi connectivity index (χ3n) is 3.72. The molecule has 0 heterocycles. The highest BCUT2D eigenvalue weighted by Crippen LogP contribution is 2.32. The smallest absolute Gasteiger partial charge is 0.244 e. The van der Waals surface area contributed by atoms with Crippen molar-refractivity contribution in [3.8, 4) is 0 Å². The van der Waals surface area contributed by atoms with Crippen molar-refractivity contribution in [3.05, 3.63) is 22.2 Å². The van der Waals surface area contributed by atoms with Crippen molar-refractivity contribution < 1.29 is 8.42 Å². The van der Waals surface area contributed by atoms with Gasteiger partial charge in [-0.3, -0.25) is 0 Å². The molecule has 1 fully saturated rings. The molecule has 1 aliphatic rings. The standard InChI is InChI=1S/C13H18Cl2N2O2S/c1-8-4-2-3-5-12(8)17-20(18,19)13-10(15)6-9(14)7-11(13)16/h6-8,12,17H,2-5,16H2,1H3. The summed E-state index contributed by atoms with van der Waals surface area (Å²) in [4.78, 5) is -0.0821. The molecule has 1 saturated carbocycles. The fourth-order valence-electron chi connectivity index (χ4n) is 2.61. The maximum absolute atomic E-state index is 12.5. The molecule has 7 heteroatoms. The number of nitrogen functional groups attached to an aromatic ring is 1. The molecule has 0 aromatic heterocycles. The molecule has 20 heavy (non-hydrogen) atoms. The molecule has 0 aliphatic heterocycles. The lowest BCUT2D eigenvalue weighted by molar-refractivity contribution is 0.310. The van der Waals surface area contributed by atoms with Crippen LogP contribution >= 0.6 is 23.2 Å². The third kappa shape index (κ3) is 3.39. The zero-order chi connectivity index (χ0) is 14.9. The maximum Gasteiger partial charge on any atom is 0.244 e. The van der Waals surface area contributed by atoms with Gasteiger partial charge in [-0.15, -0.1) is 0 Å². The number of sulfonamides is 1. The summed E-state index contributed by atoms with van der Waals surface area (Å²) in [5, 5.41) is 0.364. The van der Waals surface area contributed by atoms with Crippen molar-refractivity contribution >= 4 is 38.9 Å². The van der Waals surface area contributed by atoms with Crippen LogP contribution in [0.2, 0.25) is 10.0 Å². The van der Waals surface area contributed by atoms with Crippen molar-refractivity contribution in [1.82, 2.24) is 4.72 Å². The predicted octanol–water partition coefficient (Wildman–Crippen LogP) is 3.43. The number of nitrogens with one attached hydrogen (secondary N) is 1. The van der Waals surface area contributed by atoms with Gasteiger partial charge < -0.3 is 5.73 Å². The molecule has 1 aliphatic carbocycles. The van der Waals surface area contributed by atoms with Crippen molar-refractivity contribution in [2.75, 3.05) is 5.73 Å². The molecular weight excluding hydrogens is 319 g/mol. The average molecular weight is 337 g/mol. The van der Waals surface area contributed by atoms with E-state index in [1.807, 2.05) is 0 Å². The zero-order valence-corrected chi connectivity index (χ0v) is 13.5. The Hall–Kier alpha value is -0.490. The number of hydrogen-bond donors (Lipinski definition) is 2. The monoisotopic (exact) mass is 336 g/mol. The van der Waals surface area contributed by atoms with Crippen LogP contribution in [-0.2, 0) is 10.0 Å². The number of hydrogen-bond acceptors (Lipinski definition) is 3. The molecule has 0 saturated heterocycles. The van der Waals surface area contributed by atoms with Crippen LogP contribution in [0.5, 0.6) is 0 Å². The van der Waals surface area contributed by atoms with E-state index in [9.17, 15) is 8.42 Å². The van der Waals surface area contributed by atoms with Crippen molar-refractivity contribution in [3.63, 3.8) is 0 Å². The van der Waals surface area contributed by atoms with E-state index in [-0.39, 0.29) is 21.6 Å². The van der Waals surface area contributed by atoms with E-state index in [2.05, 4.69) is 11.6 Å². The number of halogens is 2. The first-order valence-electron chi connectivity index (χ1n) is 6.58. The lowest BCUT2D eigenvalue weighted by Crippen LogP contribution is -2.41. The highest BCUT2D eigenvalue weighted by atomic mass is 35.5. The number of rotatable bonds is 3. The van der Waals surface area contributed by atoms with Gasteiger partial charge >= 0.3 is 0 Å². The molecule has 112 valence electrons. The first-order valence-corrected chi connectivity index (χ1v) is 8.82. The molecule has 0 spiro atoms. The molecule has 0 radical (unpaired) electrons. The van der Waals surface area contributed by atoms with Gasteiger partial charge in [-0.05, 0) is 30.9 Å². The zero-order valence-electron chi connectivity index (χ0n) is 11.2. The van der Waals surface area contributed by atoms with Gasteiger partial charge in [0.15, 0.2) is 0 Å². The Morgan fingerprint density at radius 3 is 2.50 bits per heavy atom. The SMILES string of the molecule is CC1CCCCC1NS(=O)(=O)c1c(N)cc(Cl)cc1Cl. The summed E-state index contributed by atoms with van der Waals surface area (Å²) in [6.07, 6.45) is 4.03. The summed E-state index contributed by atoms with van der Waals surface area (Å²) in [7, 11) is -3.74. The Bertz CT molecular complexity index is 581. The minimum Gasteiger partial charge on any atom is -0.398 e. The van der Waals surface area contributed by atoms with Gasteiger partial charge in [-0.2, -0.15) is 0 Å². The van der Waals surface area contributed by atoms with Crippen LogP contribution in [0.15, 0.2) is 17.0 Å². The molecule has 1 aromatic rings. The van der Waals surface area contributed by atoms with Gasteiger partial charge in [0.05, 0.1) is 10.7 Å². The second-order valence-corrected chi connectivity index (χ2v) is 7.79. The van der Waals surface area contributed by atoms with Crippen LogP contribution in [0.4, 0.5) is 5.69 Å². The maximum atomic E-state index is 12.5. The molecule has 1 aromatic carbocycles. The molecule has 2 atom stereocenters. The van der Waals surface area contributed by atoms with E-state index in [4.69, 9.17) is 28.9 Å². The Morgan fingerprint density at radius 1 is 1.25 bits per heavy atom. The highest BCUT2D eigenvalue weighted by molar-refractivity contribution is 7.89. The molecule has 4 nitrogen and oxygen atoms in total. The molecule has 0 bridgehead atoms. The third-order valence-corrected chi connectivity index (χ3v) is 5.96. The number of nitrogens with two attached hydrogens (primary N) is 1. The Labute approximate surface area is 129 Å². The molecule has 3 N–H and O–H groups in total. The summed E-state index contributed by atoms with van der Waals surface area (Å²) in [5.74, 6) is 0.311. The minimum atomic E-state index is -3.74. The second kappa shape index (κ2) is 6.10. The van der Waals surface area contributed by atoms with E-state index in [1.165, 1.54) is 12.1 Å². The van der Waals surface area contributed by atoms with Gasteiger partial charge in [0.1, 0.15) is 4.90 Å². The summed E-state index contributed by atoms with van der Waals surface area (Å²) < 4.78 is 27.7. The normalized spacial score (nSPS) is 23.8. The Balaban J connectivity index is 2.31. The molecular formula is C13H18Cl2N2O2S. The van der Waals surface area contributed by atoms with Crippen molar-refractivity contribution in [2.45, 2.75) is 43.5 Å². The van der Waals surface area contributed by atoms with Crippen LogP contribution < -0.4 is 10.5 Å². The van der Waals surface area contributed by atoms with E-state index in [0.717, 1.165) is 25.7 Å². The topological polar surface area (TPSA) is 72.2 Å². The van der Waals surface area contributed by atoms with E-state index in [0.29, 0.717) is 10.9 Å². The minimum absolute atomic E-state index is 0.0472. The Morgan fingerprint density at radius 2 is 1.90 bits per heavy atom. The fourth-order valence-corrected chi connectivity index (χ4v) is 4.98.